The van der Waals surface area contributed by atoms with E-state index in [0.29, 0.717) is 35.9 Å². The second-order valence-corrected chi connectivity index (χ2v) is 9.78. The molecule has 0 amide bonds. The van der Waals surface area contributed by atoms with E-state index < -0.39 is 11.4 Å². The van der Waals surface area contributed by atoms with Gasteiger partial charge in [-0.15, -0.1) is 0 Å². The third kappa shape index (κ3) is 3.06. The molecule has 4 unspecified atom stereocenters. The van der Waals surface area contributed by atoms with Gasteiger partial charge in [-0.25, -0.2) is 0 Å². The molecule has 0 aromatic heterocycles. The Kier molecular flexibility index (Phi) is 5.31. The van der Waals surface area contributed by atoms with Gasteiger partial charge in [0, 0.05) is 16.9 Å². The fraction of sp³-hybridized carbons (Fsp3) is 0.583. The maximum absolute atomic E-state index is 11.8. The Morgan fingerprint density at radius 2 is 1.72 bits per heavy atom. The SMILES string of the molecule is CC(C)CC1c2c(O)c(C=O)c(O)c(C=O)c2OC2(C)C=CC(C(C)C)CC12C. The van der Waals surface area contributed by atoms with Gasteiger partial charge in [0.25, 0.3) is 0 Å². The normalized spacial score (nSPS) is 30.6. The van der Waals surface area contributed by atoms with Crippen LogP contribution in [0.3, 0.4) is 0 Å². The minimum atomic E-state index is -0.704. The molecule has 158 valence electrons. The zero-order valence-corrected chi connectivity index (χ0v) is 18.2. The highest BCUT2D eigenvalue weighted by Gasteiger charge is 2.58. The van der Waals surface area contributed by atoms with Crippen LogP contribution in [0.25, 0.3) is 0 Å². The van der Waals surface area contributed by atoms with Crippen LogP contribution in [0.4, 0.5) is 0 Å². The number of aromatic hydroxyl groups is 2. The summed E-state index contributed by atoms with van der Waals surface area (Å²) >= 11 is 0. The van der Waals surface area contributed by atoms with Crippen LogP contribution in [0.1, 0.15) is 86.6 Å². The van der Waals surface area contributed by atoms with E-state index in [1.807, 2.05) is 6.92 Å². The van der Waals surface area contributed by atoms with E-state index in [9.17, 15) is 19.8 Å². The van der Waals surface area contributed by atoms with Crippen LogP contribution in [0.2, 0.25) is 0 Å². The second-order valence-electron chi connectivity index (χ2n) is 9.78. The molecular weight excluding hydrogens is 368 g/mol. The summed E-state index contributed by atoms with van der Waals surface area (Å²) in [6.45, 7) is 12.8. The average molecular weight is 401 g/mol. The first-order valence-electron chi connectivity index (χ1n) is 10.4. The fourth-order valence-electron chi connectivity index (χ4n) is 5.15. The van der Waals surface area contributed by atoms with Crippen LogP contribution in [-0.2, 0) is 0 Å². The van der Waals surface area contributed by atoms with Crippen molar-refractivity contribution in [2.75, 3.05) is 0 Å². The summed E-state index contributed by atoms with van der Waals surface area (Å²) in [6.07, 6.45) is 6.79. The molecule has 0 saturated carbocycles. The van der Waals surface area contributed by atoms with Gasteiger partial charge in [0.15, 0.2) is 12.6 Å². The first kappa shape index (κ1) is 21.4. The lowest BCUT2D eigenvalue weighted by Crippen LogP contribution is -2.56. The Morgan fingerprint density at radius 1 is 1.10 bits per heavy atom. The highest BCUT2D eigenvalue weighted by atomic mass is 16.5. The predicted octanol–water partition coefficient (Wildman–Crippen LogP) is 5.24. The van der Waals surface area contributed by atoms with Crippen molar-refractivity contribution in [1.29, 1.82) is 0 Å². The predicted molar refractivity (Wildman–Crippen MR) is 112 cm³/mol. The van der Waals surface area contributed by atoms with Crippen LogP contribution in [0.5, 0.6) is 17.2 Å². The Labute approximate surface area is 172 Å². The lowest BCUT2D eigenvalue weighted by molar-refractivity contribution is -0.0638. The Balaban J connectivity index is 2.35. The first-order valence-corrected chi connectivity index (χ1v) is 10.4. The molecule has 4 atom stereocenters. The largest absolute Gasteiger partial charge is 0.507 e. The summed E-state index contributed by atoms with van der Waals surface area (Å²) in [6, 6.07) is 0. The highest BCUT2D eigenvalue weighted by Crippen LogP contribution is 2.64. The molecule has 29 heavy (non-hydrogen) atoms. The molecule has 2 aliphatic rings. The highest BCUT2D eigenvalue weighted by molar-refractivity contribution is 5.95. The topological polar surface area (TPSA) is 83.8 Å². The number of phenolic OH excluding ortho intramolecular Hbond substituents is 2. The van der Waals surface area contributed by atoms with Crippen molar-refractivity contribution in [2.24, 2.45) is 23.2 Å². The van der Waals surface area contributed by atoms with Gasteiger partial charge >= 0.3 is 0 Å². The third-order valence-corrected chi connectivity index (χ3v) is 7.20. The molecule has 0 bridgehead atoms. The van der Waals surface area contributed by atoms with Crippen molar-refractivity contribution in [3.05, 3.63) is 28.8 Å². The molecule has 1 aromatic rings. The molecule has 0 radical (unpaired) electrons. The summed E-state index contributed by atoms with van der Waals surface area (Å²) in [5.74, 6) is 0.396. The van der Waals surface area contributed by atoms with Gasteiger partial charge in [0.05, 0.1) is 11.1 Å². The van der Waals surface area contributed by atoms with E-state index in [1.165, 1.54) is 0 Å². The van der Waals surface area contributed by atoms with Crippen molar-refractivity contribution in [1.82, 2.24) is 0 Å². The van der Waals surface area contributed by atoms with Gasteiger partial charge in [-0.2, -0.15) is 0 Å². The number of rotatable bonds is 5. The molecule has 5 nitrogen and oxygen atoms in total. The van der Waals surface area contributed by atoms with Gasteiger partial charge in [-0.05, 0) is 43.6 Å². The van der Waals surface area contributed by atoms with Crippen molar-refractivity contribution >= 4 is 12.6 Å². The van der Waals surface area contributed by atoms with E-state index >= 15 is 0 Å². The number of fused-ring (bicyclic) bond motifs is 2. The molecule has 1 heterocycles. The molecule has 3 rings (SSSR count). The van der Waals surface area contributed by atoms with Crippen molar-refractivity contribution < 1.29 is 24.5 Å². The maximum Gasteiger partial charge on any atom is 0.157 e. The minimum Gasteiger partial charge on any atom is -0.507 e. The number of ether oxygens (including phenoxy) is 1. The van der Waals surface area contributed by atoms with Crippen LogP contribution in [0.15, 0.2) is 12.2 Å². The first-order chi connectivity index (χ1) is 13.5. The number of allylic oxidation sites excluding steroid dienone is 1. The smallest absolute Gasteiger partial charge is 0.157 e. The Hall–Kier alpha value is -2.30. The molecule has 1 aliphatic carbocycles. The van der Waals surface area contributed by atoms with E-state index in [2.05, 4.69) is 46.8 Å². The van der Waals surface area contributed by atoms with Gasteiger partial charge < -0.3 is 14.9 Å². The standard InChI is InChI=1S/C24H32O5/c1-13(2)9-18-19-21(28)16(11-25)20(27)17(12-26)22(19)29-24(6)8-7-15(14(3)4)10-23(18,24)5/h7-8,11-15,18,27-28H,9-10H2,1-6H3. The summed E-state index contributed by atoms with van der Waals surface area (Å²) < 4.78 is 6.40. The molecule has 1 aromatic carbocycles. The summed E-state index contributed by atoms with van der Waals surface area (Å²) in [7, 11) is 0. The third-order valence-electron chi connectivity index (χ3n) is 7.20. The average Bonchev–Trinajstić information content (AvgIpc) is 2.62. The van der Waals surface area contributed by atoms with Crippen LogP contribution < -0.4 is 4.74 Å². The van der Waals surface area contributed by atoms with Crippen LogP contribution >= 0.6 is 0 Å². The van der Waals surface area contributed by atoms with Gasteiger partial charge in [0.1, 0.15) is 22.8 Å². The van der Waals surface area contributed by atoms with Gasteiger partial charge in [0.2, 0.25) is 0 Å². The van der Waals surface area contributed by atoms with Crippen LogP contribution in [-0.4, -0.2) is 28.4 Å². The van der Waals surface area contributed by atoms with Crippen LogP contribution in [0, 0.1) is 23.2 Å². The van der Waals surface area contributed by atoms with E-state index in [-0.39, 0.29) is 34.0 Å². The van der Waals surface area contributed by atoms with Crippen molar-refractivity contribution in [3.63, 3.8) is 0 Å². The molecule has 0 fully saturated rings. The van der Waals surface area contributed by atoms with E-state index in [4.69, 9.17) is 4.74 Å². The van der Waals surface area contributed by atoms with Gasteiger partial charge in [-0.3, -0.25) is 9.59 Å². The van der Waals surface area contributed by atoms with E-state index in [0.717, 1.165) is 12.8 Å². The zero-order valence-electron chi connectivity index (χ0n) is 18.2. The molecule has 5 heteroatoms. The lowest BCUT2D eigenvalue weighted by Gasteiger charge is -2.57. The number of hydrogen-bond donors (Lipinski definition) is 2. The number of aldehydes is 2. The summed E-state index contributed by atoms with van der Waals surface area (Å²) in [4.78, 5) is 23.4. The number of phenols is 2. The zero-order chi connectivity index (χ0) is 21.7. The second kappa shape index (κ2) is 7.19. The number of carbonyl (C=O) groups is 2. The molecule has 0 saturated heterocycles. The minimum absolute atomic E-state index is 0.0729. The molecule has 0 spiro atoms. The van der Waals surface area contributed by atoms with Crippen molar-refractivity contribution in [2.45, 2.75) is 65.9 Å². The fourth-order valence-corrected chi connectivity index (χ4v) is 5.15. The summed E-state index contributed by atoms with van der Waals surface area (Å²) in [5.41, 5.74) is -0.913. The molecule has 2 N–H and O–H groups in total. The van der Waals surface area contributed by atoms with Crippen molar-refractivity contribution in [3.8, 4) is 17.2 Å². The lowest BCUT2D eigenvalue weighted by atomic mass is 9.53. The maximum atomic E-state index is 11.8. The van der Waals surface area contributed by atoms with Gasteiger partial charge in [-0.1, -0.05) is 40.7 Å². The Bertz CT molecular complexity index is 869. The summed E-state index contributed by atoms with van der Waals surface area (Å²) in [5, 5.41) is 21.4. The Morgan fingerprint density at radius 3 is 2.24 bits per heavy atom. The number of benzene rings is 1. The number of carbonyl (C=O) groups excluding carboxylic acids is 2. The van der Waals surface area contributed by atoms with E-state index in [1.54, 1.807) is 0 Å². The molecular formula is C24H32O5. The quantitative estimate of drug-likeness (QED) is 0.521. The molecule has 1 aliphatic heterocycles. The number of hydrogen-bond acceptors (Lipinski definition) is 5. The monoisotopic (exact) mass is 400 g/mol.